The van der Waals surface area contributed by atoms with Crippen molar-refractivity contribution in [3.05, 3.63) is 43.0 Å². The molecule has 0 heterocycles. The molecule has 0 aliphatic rings. The van der Waals surface area contributed by atoms with Crippen molar-refractivity contribution in [3.8, 4) is 0 Å². The lowest BCUT2D eigenvalue weighted by atomic mass is 9.83. The van der Waals surface area contributed by atoms with Crippen LogP contribution in [-0.4, -0.2) is 4.75 Å². The van der Waals surface area contributed by atoms with E-state index in [1.54, 1.807) is 0 Å². The zero-order chi connectivity index (χ0) is 14.1. The third-order valence-corrected chi connectivity index (χ3v) is 5.86. The van der Waals surface area contributed by atoms with Gasteiger partial charge >= 0.3 is 0 Å². The van der Waals surface area contributed by atoms with Gasteiger partial charge in [0.2, 0.25) is 0 Å². The molecule has 0 aliphatic heterocycles. The highest BCUT2D eigenvalue weighted by Gasteiger charge is 2.34. The van der Waals surface area contributed by atoms with Crippen molar-refractivity contribution in [1.29, 1.82) is 0 Å². The summed E-state index contributed by atoms with van der Waals surface area (Å²) in [4.78, 5) is 1.40. The van der Waals surface area contributed by atoms with E-state index in [-0.39, 0.29) is 0 Å². The molecule has 0 aromatic heterocycles. The second-order valence-corrected chi connectivity index (χ2v) is 6.84. The predicted octanol–water partition coefficient (Wildman–Crippen LogP) is 6.33. The number of benzene rings is 1. The maximum absolute atomic E-state index is 3.90. The summed E-state index contributed by atoms with van der Waals surface area (Å²) in [5.41, 5.74) is 0. The van der Waals surface area contributed by atoms with Gasteiger partial charge < -0.3 is 0 Å². The average Bonchev–Trinajstić information content (AvgIpc) is 2.45. The third kappa shape index (κ3) is 4.72. The van der Waals surface area contributed by atoms with Crippen LogP contribution < -0.4 is 0 Å². The van der Waals surface area contributed by atoms with Crippen molar-refractivity contribution in [2.45, 2.75) is 62.5 Å². The lowest BCUT2D eigenvalue weighted by Crippen LogP contribution is -2.32. The summed E-state index contributed by atoms with van der Waals surface area (Å²) in [6, 6.07) is 10.8. The molecule has 0 saturated heterocycles. The minimum Gasteiger partial charge on any atom is -0.119 e. The first-order chi connectivity index (χ1) is 9.18. The minimum absolute atomic E-state index is 0.353. The molecule has 0 saturated carbocycles. The lowest BCUT2D eigenvalue weighted by Gasteiger charge is -2.38. The summed E-state index contributed by atoms with van der Waals surface area (Å²) in [5, 5.41) is 0. The second kappa shape index (κ2) is 8.47. The van der Waals surface area contributed by atoms with Crippen LogP contribution in [0.3, 0.4) is 0 Å². The van der Waals surface area contributed by atoms with Crippen LogP contribution >= 0.6 is 11.8 Å². The number of thioether (sulfide) groups is 1. The van der Waals surface area contributed by atoms with Crippen LogP contribution in [0.15, 0.2) is 47.9 Å². The van der Waals surface area contributed by atoms with Crippen LogP contribution in [0, 0.1) is 5.92 Å². The maximum Gasteiger partial charge on any atom is 0.0233 e. The first-order valence-electron chi connectivity index (χ1n) is 7.53. The topological polar surface area (TPSA) is 0 Å². The normalized spacial score (nSPS) is 15.7. The Hall–Kier alpha value is -0.690. The quantitative estimate of drug-likeness (QED) is 0.375. The molecule has 0 N–H and O–H groups in total. The Morgan fingerprint density at radius 3 is 2.47 bits per heavy atom. The van der Waals surface area contributed by atoms with Gasteiger partial charge in [0, 0.05) is 9.64 Å². The van der Waals surface area contributed by atoms with Crippen molar-refractivity contribution in [2.24, 2.45) is 5.92 Å². The molecular weight excluding hydrogens is 248 g/mol. The summed E-state index contributed by atoms with van der Waals surface area (Å²) in [6.45, 7) is 11.0. The fourth-order valence-electron chi connectivity index (χ4n) is 2.76. The molecule has 2 atom stereocenters. The zero-order valence-electron chi connectivity index (χ0n) is 12.7. The van der Waals surface area contributed by atoms with Crippen LogP contribution in [0.5, 0.6) is 0 Å². The predicted molar refractivity (Wildman–Crippen MR) is 88.8 cm³/mol. The largest absolute Gasteiger partial charge is 0.119 e. The molecule has 0 aliphatic carbocycles. The van der Waals surface area contributed by atoms with Gasteiger partial charge in [0.05, 0.1) is 0 Å². The average molecular weight is 276 g/mol. The highest BCUT2D eigenvalue weighted by Crippen LogP contribution is 2.46. The highest BCUT2D eigenvalue weighted by molar-refractivity contribution is 8.00. The summed E-state index contributed by atoms with van der Waals surface area (Å²) in [5.74, 6) is 0.743. The van der Waals surface area contributed by atoms with E-state index < -0.39 is 0 Å². The second-order valence-electron chi connectivity index (χ2n) is 5.35. The lowest BCUT2D eigenvalue weighted by molar-refractivity contribution is 0.349. The Morgan fingerprint density at radius 1 is 1.26 bits per heavy atom. The van der Waals surface area contributed by atoms with E-state index in [0.29, 0.717) is 4.75 Å². The first-order valence-corrected chi connectivity index (χ1v) is 8.35. The van der Waals surface area contributed by atoms with E-state index in [9.17, 15) is 0 Å². The van der Waals surface area contributed by atoms with Crippen molar-refractivity contribution < 1.29 is 0 Å². The molecule has 1 rings (SSSR count). The van der Waals surface area contributed by atoms with Gasteiger partial charge in [-0.15, -0.1) is 18.3 Å². The smallest absolute Gasteiger partial charge is 0.0233 e. The molecule has 1 aromatic rings. The molecule has 0 nitrogen and oxygen atoms in total. The third-order valence-electron chi connectivity index (χ3n) is 4.05. The van der Waals surface area contributed by atoms with Gasteiger partial charge in [-0.1, -0.05) is 51.5 Å². The van der Waals surface area contributed by atoms with Crippen LogP contribution in [-0.2, 0) is 0 Å². The van der Waals surface area contributed by atoms with Gasteiger partial charge in [0.25, 0.3) is 0 Å². The van der Waals surface area contributed by atoms with Crippen LogP contribution in [0.4, 0.5) is 0 Å². The summed E-state index contributed by atoms with van der Waals surface area (Å²) >= 11 is 2.08. The van der Waals surface area contributed by atoms with E-state index in [2.05, 4.69) is 75.5 Å². The Morgan fingerprint density at radius 2 is 1.95 bits per heavy atom. The highest BCUT2D eigenvalue weighted by atomic mass is 32.2. The van der Waals surface area contributed by atoms with Crippen LogP contribution in [0.25, 0.3) is 0 Å². The van der Waals surface area contributed by atoms with Crippen LogP contribution in [0.1, 0.15) is 52.9 Å². The SMILES string of the molecule is C=CCC[C@@](CC)(Sc1ccccc1)[C@H](C)CCC. The fraction of sp³-hybridized carbons (Fsp3) is 0.556. The summed E-state index contributed by atoms with van der Waals surface area (Å²) < 4.78 is 0.353. The fourth-order valence-corrected chi connectivity index (χ4v) is 4.21. The molecule has 0 radical (unpaired) electrons. The van der Waals surface area contributed by atoms with Crippen molar-refractivity contribution in [1.82, 2.24) is 0 Å². The summed E-state index contributed by atoms with van der Waals surface area (Å²) in [6.07, 6.45) is 8.21. The molecule has 19 heavy (non-hydrogen) atoms. The Balaban J connectivity index is 2.91. The number of hydrogen-bond acceptors (Lipinski definition) is 1. The Bertz CT molecular complexity index is 357. The summed E-state index contributed by atoms with van der Waals surface area (Å²) in [7, 11) is 0. The molecule has 0 amide bonds. The monoisotopic (exact) mass is 276 g/mol. The molecule has 0 unspecified atom stereocenters. The Kier molecular flexibility index (Phi) is 7.30. The molecule has 1 heteroatoms. The number of allylic oxidation sites excluding steroid dienone is 1. The Labute approximate surface area is 123 Å². The zero-order valence-corrected chi connectivity index (χ0v) is 13.5. The van der Waals surface area contributed by atoms with E-state index in [1.165, 1.54) is 30.6 Å². The molecule has 0 fully saturated rings. The van der Waals surface area contributed by atoms with Gasteiger partial charge in [0.15, 0.2) is 0 Å². The van der Waals surface area contributed by atoms with Gasteiger partial charge in [-0.25, -0.2) is 0 Å². The van der Waals surface area contributed by atoms with Gasteiger partial charge in [-0.2, -0.15) is 0 Å². The molecule has 1 aromatic carbocycles. The number of rotatable bonds is 9. The molecule has 106 valence electrons. The van der Waals surface area contributed by atoms with Crippen molar-refractivity contribution >= 4 is 11.8 Å². The molecule has 0 spiro atoms. The van der Waals surface area contributed by atoms with Gasteiger partial charge in [-0.05, 0) is 43.7 Å². The standard InChI is InChI=1S/C18H28S/c1-5-8-15-18(7-3,16(4)12-6-2)19-17-13-10-9-11-14-17/h5,9-11,13-14,16H,1,6-8,12,15H2,2-4H3/t16-,18-/m1/s1. The van der Waals surface area contributed by atoms with E-state index in [0.717, 1.165) is 12.3 Å². The minimum atomic E-state index is 0.353. The van der Waals surface area contributed by atoms with Gasteiger partial charge in [0.1, 0.15) is 0 Å². The van der Waals surface area contributed by atoms with Crippen LogP contribution in [0.2, 0.25) is 0 Å². The van der Waals surface area contributed by atoms with Crippen molar-refractivity contribution in [2.75, 3.05) is 0 Å². The molecular formula is C18H28S. The van der Waals surface area contributed by atoms with Crippen molar-refractivity contribution in [3.63, 3.8) is 0 Å². The molecule has 0 bridgehead atoms. The number of hydrogen-bond donors (Lipinski definition) is 0. The van der Waals surface area contributed by atoms with E-state index >= 15 is 0 Å². The first kappa shape index (κ1) is 16.4. The van der Waals surface area contributed by atoms with E-state index in [4.69, 9.17) is 0 Å². The van der Waals surface area contributed by atoms with E-state index in [1.807, 2.05) is 0 Å². The van der Waals surface area contributed by atoms with Gasteiger partial charge in [-0.3, -0.25) is 0 Å². The maximum atomic E-state index is 3.90.